The summed E-state index contributed by atoms with van der Waals surface area (Å²) in [5, 5.41) is 12.9. The zero-order valence-corrected chi connectivity index (χ0v) is 18.1. The van der Waals surface area contributed by atoms with Crippen molar-refractivity contribution in [1.29, 1.82) is 0 Å². The van der Waals surface area contributed by atoms with Crippen LogP contribution in [-0.2, 0) is 0 Å². The number of aromatic nitrogens is 1. The third-order valence-electron chi connectivity index (χ3n) is 5.80. The number of para-hydroxylation sites is 2. The first kappa shape index (κ1) is 20.5. The van der Waals surface area contributed by atoms with Crippen molar-refractivity contribution in [2.75, 3.05) is 13.1 Å². The maximum atomic E-state index is 11.9. The number of allylic oxidation sites excluding steroid dienone is 5. The summed E-state index contributed by atoms with van der Waals surface area (Å²) >= 11 is 0. The van der Waals surface area contributed by atoms with E-state index in [4.69, 9.17) is 0 Å². The Morgan fingerprint density at radius 2 is 1.58 bits per heavy atom. The smallest absolute Gasteiger partial charge is 0.277 e. The molecule has 0 saturated heterocycles. The lowest BCUT2D eigenvalue weighted by molar-refractivity contribution is -0.519. The first-order valence-corrected chi connectivity index (χ1v) is 10.6. The maximum absolute atomic E-state index is 11.9. The van der Waals surface area contributed by atoms with Gasteiger partial charge < -0.3 is 4.98 Å². The number of fused-ring (bicyclic) bond motifs is 1. The molecule has 156 valence electrons. The van der Waals surface area contributed by atoms with Gasteiger partial charge in [0.2, 0.25) is 0 Å². The fourth-order valence-electron chi connectivity index (χ4n) is 4.31. The van der Waals surface area contributed by atoms with Gasteiger partial charge in [0, 0.05) is 46.0 Å². The van der Waals surface area contributed by atoms with Crippen LogP contribution in [0.15, 0.2) is 78.4 Å². The molecule has 1 heterocycles. The molecule has 1 aromatic heterocycles. The molecule has 0 aliphatic heterocycles. The minimum absolute atomic E-state index is 0.106. The summed E-state index contributed by atoms with van der Waals surface area (Å²) in [5.41, 5.74) is 6.71. The highest BCUT2D eigenvalue weighted by atomic mass is 16.6. The molecule has 0 saturated carbocycles. The number of hydrogen-bond acceptors (Lipinski definition) is 2. The molecule has 31 heavy (non-hydrogen) atoms. The lowest BCUT2D eigenvalue weighted by Crippen LogP contribution is -2.19. The summed E-state index contributed by atoms with van der Waals surface area (Å²) in [6.07, 6.45) is 8.34. The molecule has 1 aliphatic carbocycles. The maximum Gasteiger partial charge on any atom is 0.277 e. The molecule has 2 aromatic carbocycles. The van der Waals surface area contributed by atoms with E-state index >= 15 is 0 Å². The minimum Gasteiger partial charge on any atom is -0.358 e. The van der Waals surface area contributed by atoms with Gasteiger partial charge in [-0.05, 0) is 50.6 Å². The van der Waals surface area contributed by atoms with Gasteiger partial charge in [-0.25, -0.2) is 4.58 Å². The number of rotatable bonds is 5. The Kier molecular flexibility index (Phi) is 5.67. The molecule has 4 rings (SSSR count). The summed E-state index contributed by atoms with van der Waals surface area (Å²) in [6.45, 7) is 8.15. The Morgan fingerprint density at radius 3 is 2.26 bits per heavy atom. The average molecular weight is 413 g/mol. The number of nitro benzene ring substituents is 1. The van der Waals surface area contributed by atoms with E-state index in [-0.39, 0.29) is 10.6 Å². The van der Waals surface area contributed by atoms with Crippen LogP contribution in [0.2, 0.25) is 0 Å². The Hall–Kier alpha value is -3.73. The average Bonchev–Trinajstić information content (AvgIpc) is 3.12. The number of nitrogens with one attached hydrogen (secondary N) is 1. The van der Waals surface area contributed by atoms with Crippen LogP contribution in [0.5, 0.6) is 0 Å². The highest BCUT2D eigenvalue weighted by Gasteiger charge is 2.24. The second-order valence-electron chi connectivity index (χ2n) is 7.54. The molecular formula is C26H26N3O2+. The molecule has 1 N–H and O–H groups in total. The molecule has 1 aliphatic rings. The summed E-state index contributed by atoms with van der Waals surface area (Å²) in [7, 11) is 0. The monoisotopic (exact) mass is 412 g/mol. The van der Waals surface area contributed by atoms with E-state index < -0.39 is 0 Å². The van der Waals surface area contributed by atoms with Gasteiger partial charge >= 0.3 is 0 Å². The predicted molar refractivity (Wildman–Crippen MR) is 127 cm³/mol. The van der Waals surface area contributed by atoms with E-state index in [1.807, 2.05) is 37.3 Å². The number of hydrogen-bond donors (Lipinski definition) is 1. The van der Waals surface area contributed by atoms with Crippen LogP contribution in [0.1, 0.15) is 30.7 Å². The van der Waals surface area contributed by atoms with Gasteiger partial charge in [-0.15, -0.1) is 0 Å². The van der Waals surface area contributed by atoms with Crippen molar-refractivity contribution in [2.45, 2.75) is 20.8 Å². The van der Waals surface area contributed by atoms with Crippen LogP contribution in [0.25, 0.3) is 16.5 Å². The fourth-order valence-corrected chi connectivity index (χ4v) is 4.31. The third kappa shape index (κ3) is 3.75. The van der Waals surface area contributed by atoms with Crippen LogP contribution in [0.3, 0.4) is 0 Å². The van der Waals surface area contributed by atoms with Gasteiger partial charge in [-0.2, -0.15) is 0 Å². The van der Waals surface area contributed by atoms with Gasteiger partial charge in [0.25, 0.3) is 5.69 Å². The molecule has 3 aromatic rings. The van der Waals surface area contributed by atoms with Crippen molar-refractivity contribution in [3.8, 4) is 0 Å². The zero-order chi connectivity index (χ0) is 22.0. The second kappa shape index (κ2) is 8.56. The predicted octanol–water partition coefficient (Wildman–Crippen LogP) is 5.81. The molecule has 0 amide bonds. The molecule has 0 spiro atoms. The molecule has 5 heteroatoms. The third-order valence-corrected chi connectivity index (χ3v) is 5.80. The van der Waals surface area contributed by atoms with Crippen molar-refractivity contribution < 1.29 is 9.50 Å². The topological polar surface area (TPSA) is 61.9 Å². The van der Waals surface area contributed by atoms with Crippen LogP contribution in [-0.4, -0.2) is 33.3 Å². The number of aryl methyl sites for hydroxylation is 1. The standard InChI is InChI=1S/C26H25N3O2/c1-4-28(5-2)20-16-14-19(15-17-20)26(22-11-7-9-13-24(22)29(30)31)25-18(3)27-23-12-8-6-10-21(23)25/h6-17H,4-5H2,1-3H3/p+1. The summed E-state index contributed by atoms with van der Waals surface area (Å²) in [6, 6.07) is 15.1. The number of benzene rings is 2. The normalized spacial score (nSPS) is 13.1. The van der Waals surface area contributed by atoms with Gasteiger partial charge in [0.1, 0.15) is 13.1 Å². The summed E-state index contributed by atoms with van der Waals surface area (Å²) in [5.74, 6) is 0. The summed E-state index contributed by atoms with van der Waals surface area (Å²) in [4.78, 5) is 15.0. The molecule has 0 atom stereocenters. The van der Waals surface area contributed by atoms with Crippen LogP contribution >= 0.6 is 0 Å². The lowest BCUT2D eigenvalue weighted by Gasteiger charge is -2.14. The molecule has 0 radical (unpaired) electrons. The van der Waals surface area contributed by atoms with Crippen molar-refractivity contribution in [2.24, 2.45) is 0 Å². The van der Waals surface area contributed by atoms with E-state index in [1.165, 1.54) is 0 Å². The van der Waals surface area contributed by atoms with E-state index in [1.54, 1.807) is 12.1 Å². The van der Waals surface area contributed by atoms with Crippen molar-refractivity contribution in [3.05, 3.63) is 105 Å². The van der Waals surface area contributed by atoms with Gasteiger partial charge in [0.05, 0.1) is 10.5 Å². The van der Waals surface area contributed by atoms with Gasteiger partial charge in [-0.1, -0.05) is 30.3 Å². The Morgan fingerprint density at radius 1 is 0.935 bits per heavy atom. The lowest BCUT2D eigenvalue weighted by atomic mass is 9.88. The second-order valence-corrected chi connectivity index (χ2v) is 7.54. The molecule has 0 fully saturated rings. The minimum atomic E-state index is -0.302. The summed E-state index contributed by atoms with van der Waals surface area (Å²) < 4.78 is 2.28. The number of H-pyrrole nitrogens is 1. The Balaban J connectivity index is 2.03. The first-order valence-electron chi connectivity index (χ1n) is 10.6. The Labute approximate surface area is 181 Å². The van der Waals surface area contributed by atoms with E-state index in [2.05, 4.69) is 53.8 Å². The van der Waals surface area contributed by atoms with E-state index in [9.17, 15) is 10.1 Å². The highest BCUT2D eigenvalue weighted by Crippen LogP contribution is 2.39. The van der Waals surface area contributed by atoms with E-state index in [0.717, 1.165) is 52.1 Å². The van der Waals surface area contributed by atoms with Crippen molar-refractivity contribution in [3.63, 3.8) is 0 Å². The van der Waals surface area contributed by atoms with Gasteiger partial charge in [0.15, 0.2) is 5.71 Å². The first-order chi connectivity index (χ1) is 15.0. The van der Waals surface area contributed by atoms with Crippen LogP contribution in [0, 0.1) is 17.0 Å². The molecule has 0 unspecified atom stereocenters. The largest absolute Gasteiger partial charge is 0.358 e. The van der Waals surface area contributed by atoms with E-state index in [0.29, 0.717) is 5.56 Å². The molecule has 0 bridgehead atoms. The van der Waals surface area contributed by atoms with Crippen molar-refractivity contribution >= 4 is 27.9 Å². The SMILES string of the molecule is CC[N+](CC)=C1C=CC(=C(c2ccccc2[N+](=O)[O-])c2c(C)[nH]c3ccccc23)C=C1. The molecule has 5 nitrogen and oxygen atoms in total. The Bertz CT molecular complexity index is 1260. The van der Waals surface area contributed by atoms with Crippen LogP contribution < -0.4 is 0 Å². The van der Waals surface area contributed by atoms with Crippen LogP contribution in [0.4, 0.5) is 5.69 Å². The number of aromatic amines is 1. The quantitative estimate of drug-likeness (QED) is 0.327. The highest BCUT2D eigenvalue weighted by molar-refractivity contribution is 6.06. The van der Waals surface area contributed by atoms with Crippen molar-refractivity contribution in [1.82, 2.24) is 4.98 Å². The fraction of sp³-hybridized carbons (Fsp3) is 0.192. The zero-order valence-electron chi connectivity index (χ0n) is 18.1. The number of nitro groups is 1. The van der Waals surface area contributed by atoms with Gasteiger partial charge in [-0.3, -0.25) is 10.1 Å². The molecular weight excluding hydrogens is 386 g/mol. The number of nitrogens with zero attached hydrogens (tertiary/aromatic N) is 2.